The molecule has 6 nitrogen and oxygen atoms in total. The fourth-order valence-electron chi connectivity index (χ4n) is 2.08. The van der Waals surface area contributed by atoms with Gasteiger partial charge < -0.3 is 15.7 Å². The number of carboxylic acids is 1. The topological polar surface area (TPSA) is 84.4 Å². The number of likely N-dealkylation sites (N-methyl/N-ethyl adjacent to an activating group) is 1. The Morgan fingerprint density at radius 3 is 2.85 bits per heavy atom. The fraction of sp³-hybridized carbons (Fsp3) is 0.286. The molecule has 0 aliphatic heterocycles. The van der Waals surface area contributed by atoms with Gasteiger partial charge in [-0.3, -0.25) is 4.68 Å². The molecule has 0 fully saturated rings. The number of aromatic carboxylic acids is 1. The lowest BCUT2D eigenvalue weighted by Crippen LogP contribution is -2.28. The Morgan fingerprint density at radius 2 is 2.30 bits per heavy atom. The number of nitrogen functional groups attached to an aromatic ring is 1. The van der Waals surface area contributed by atoms with Crippen LogP contribution in [0.15, 0.2) is 36.7 Å². The molecule has 106 valence electrons. The number of rotatable bonds is 6. The van der Waals surface area contributed by atoms with E-state index in [0.717, 1.165) is 25.3 Å². The second kappa shape index (κ2) is 6.10. The highest BCUT2D eigenvalue weighted by molar-refractivity contribution is 5.90. The van der Waals surface area contributed by atoms with Gasteiger partial charge >= 0.3 is 5.97 Å². The molecule has 0 saturated carbocycles. The van der Waals surface area contributed by atoms with Gasteiger partial charge in [-0.05, 0) is 31.2 Å². The molecule has 0 bridgehead atoms. The van der Waals surface area contributed by atoms with Crippen molar-refractivity contribution in [3.63, 3.8) is 0 Å². The molecule has 6 heteroatoms. The average molecular weight is 274 g/mol. The van der Waals surface area contributed by atoms with Crippen LogP contribution in [0.3, 0.4) is 0 Å². The molecule has 2 aromatic rings. The number of carboxylic acid groups (broad SMARTS) is 1. The minimum absolute atomic E-state index is 0.203. The Bertz CT molecular complexity index is 581. The molecule has 1 heterocycles. The summed E-state index contributed by atoms with van der Waals surface area (Å²) in [6.07, 6.45) is 3.65. The third-order valence-electron chi connectivity index (χ3n) is 3.16. The summed E-state index contributed by atoms with van der Waals surface area (Å²) >= 11 is 0. The molecular weight excluding hydrogens is 256 g/mol. The Morgan fingerprint density at radius 1 is 1.50 bits per heavy atom. The number of benzene rings is 1. The molecule has 0 radical (unpaired) electrons. The first-order valence-electron chi connectivity index (χ1n) is 6.47. The molecule has 1 aromatic heterocycles. The predicted octanol–water partition coefficient (Wildman–Crippen LogP) is 1.69. The van der Waals surface area contributed by atoms with Crippen LogP contribution >= 0.6 is 0 Å². The third-order valence-corrected chi connectivity index (χ3v) is 3.16. The number of carbonyl (C=O) groups is 1. The van der Waals surface area contributed by atoms with Crippen LogP contribution in [0.5, 0.6) is 0 Å². The first kappa shape index (κ1) is 13.9. The lowest BCUT2D eigenvalue weighted by Gasteiger charge is -2.24. The van der Waals surface area contributed by atoms with E-state index < -0.39 is 5.97 Å². The van der Waals surface area contributed by atoms with E-state index in [0.29, 0.717) is 5.69 Å². The molecule has 0 aliphatic rings. The quantitative estimate of drug-likeness (QED) is 0.783. The zero-order valence-corrected chi connectivity index (χ0v) is 11.4. The van der Waals surface area contributed by atoms with Crippen molar-refractivity contribution in [3.05, 3.63) is 42.2 Å². The summed E-state index contributed by atoms with van der Waals surface area (Å²) in [5.41, 5.74) is 7.49. The summed E-state index contributed by atoms with van der Waals surface area (Å²) in [5.74, 6) is -0.970. The molecule has 1 aromatic carbocycles. The Labute approximate surface area is 117 Å². The van der Waals surface area contributed by atoms with Gasteiger partial charge in [0.1, 0.15) is 0 Å². The van der Waals surface area contributed by atoms with Crippen molar-refractivity contribution in [3.8, 4) is 0 Å². The van der Waals surface area contributed by atoms with Crippen molar-refractivity contribution in [2.75, 3.05) is 23.7 Å². The highest BCUT2D eigenvalue weighted by Gasteiger charge is 2.11. The normalized spacial score (nSPS) is 10.4. The summed E-state index contributed by atoms with van der Waals surface area (Å²) in [6.45, 7) is 4.33. The molecule has 0 unspecified atom stereocenters. The van der Waals surface area contributed by atoms with Crippen molar-refractivity contribution in [1.29, 1.82) is 0 Å². The van der Waals surface area contributed by atoms with Crippen molar-refractivity contribution >= 4 is 17.3 Å². The highest BCUT2D eigenvalue weighted by atomic mass is 16.4. The van der Waals surface area contributed by atoms with E-state index in [1.165, 1.54) is 6.07 Å². The zero-order valence-electron chi connectivity index (χ0n) is 11.4. The lowest BCUT2D eigenvalue weighted by atomic mass is 10.1. The number of hydrogen-bond donors (Lipinski definition) is 2. The van der Waals surface area contributed by atoms with Crippen molar-refractivity contribution in [1.82, 2.24) is 9.78 Å². The predicted molar refractivity (Wildman–Crippen MR) is 77.9 cm³/mol. The zero-order chi connectivity index (χ0) is 14.5. The maximum absolute atomic E-state index is 10.9. The van der Waals surface area contributed by atoms with Crippen LogP contribution in [0, 0.1) is 0 Å². The van der Waals surface area contributed by atoms with Crippen LogP contribution in [0.2, 0.25) is 0 Å². The number of nitrogens with two attached hydrogens (primary N) is 1. The summed E-state index contributed by atoms with van der Waals surface area (Å²) in [6, 6.07) is 6.70. The molecule has 20 heavy (non-hydrogen) atoms. The Balaban J connectivity index is 2.12. The van der Waals surface area contributed by atoms with Crippen LogP contribution < -0.4 is 10.6 Å². The Hall–Kier alpha value is -2.50. The first-order valence-corrected chi connectivity index (χ1v) is 6.47. The SMILES string of the molecule is CCN(CCn1cccn1)c1ccc(C(=O)O)cc1N. The number of hydrogen-bond acceptors (Lipinski definition) is 4. The van der Waals surface area contributed by atoms with Gasteiger partial charge in [-0.1, -0.05) is 0 Å². The molecule has 0 saturated heterocycles. The molecule has 0 aliphatic carbocycles. The first-order chi connectivity index (χ1) is 9.61. The smallest absolute Gasteiger partial charge is 0.335 e. The van der Waals surface area contributed by atoms with Gasteiger partial charge in [0.15, 0.2) is 0 Å². The monoisotopic (exact) mass is 274 g/mol. The van der Waals surface area contributed by atoms with Crippen molar-refractivity contribution in [2.45, 2.75) is 13.5 Å². The summed E-state index contributed by atoms with van der Waals surface area (Å²) < 4.78 is 1.85. The second-order valence-electron chi connectivity index (χ2n) is 4.43. The van der Waals surface area contributed by atoms with E-state index in [4.69, 9.17) is 10.8 Å². The highest BCUT2D eigenvalue weighted by Crippen LogP contribution is 2.24. The maximum Gasteiger partial charge on any atom is 0.335 e. The van der Waals surface area contributed by atoms with E-state index in [9.17, 15) is 4.79 Å². The van der Waals surface area contributed by atoms with Crippen LogP contribution in [0.25, 0.3) is 0 Å². The van der Waals surface area contributed by atoms with E-state index in [-0.39, 0.29) is 5.56 Å². The number of anilines is 2. The lowest BCUT2D eigenvalue weighted by molar-refractivity contribution is 0.0697. The van der Waals surface area contributed by atoms with Crippen molar-refractivity contribution < 1.29 is 9.90 Å². The third kappa shape index (κ3) is 3.09. The standard InChI is InChI=1S/C14H18N4O2/c1-2-17(8-9-18-7-3-6-16-18)13-5-4-11(14(19)20)10-12(13)15/h3-7,10H,2,8-9,15H2,1H3,(H,19,20). The summed E-state index contributed by atoms with van der Waals surface area (Å²) in [7, 11) is 0. The van der Waals surface area contributed by atoms with Crippen LogP contribution in [0.4, 0.5) is 11.4 Å². The van der Waals surface area contributed by atoms with E-state index in [1.54, 1.807) is 18.3 Å². The van der Waals surface area contributed by atoms with Crippen LogP contribution in [-0.2, 0) is 6.54 Å². The second-order valence-corrected chi connectivity index (χ2v) is 4.43. The number of aromatic nitrogens is 2. The van der Waals surface area contributed by atoms with Gasteiger partial charge in [0.25, 0.3) is 0 Å². The maximum atomic E-state index is 10.9. The van der Waals surface area contributed by atoms with Gasteiger partial charge in [0.2, 0.25) is 0 Å². The molecule has 0 atom stereocenters. The van der Waals surface area contributed by atoms with Crippen molar-refractivity contribution in [2.24, 2.45) is 0 Å². The summed E-state index contributed by atoms with van der Waals surface area (Å²) in [5, 5.41) is 13.1. The van der Waals surface area contributed by atoms with Gasteiger partial charge in [-0.15, -0.1) is 0 Å². The molecule has 3 N–H and O–H groups in total. The largest absolute Gasteiger partial charge is 0.478 e. The summed E-state index contributed by atoms with van der Waals surface area (Å²) in [4.78, 5) is 13.0. The molecular formula is C14H18N4O2. The van der Waals surface area contributed by atoms with E-state index >= 15 is 0 Å². The molecule has 2 rings (SSSR count). The Kier molecular flexibility index (Phi) is 4.24. The average Bonchev–Trinajstić information content (AvgIpc) is 2.93. The van der Waals surface area contributed by atoms with E-state index in [1.807, 2.05) is 23.9 Å². The van der Waals surface area contributed by atoms with E-state index in [2.05, 4.69) is 10.00 Å². The van der Waals surface area contributed by atoms with Gasteiger partial charge in [-0.25, -0.2) is 4.79 Å². The van der Waals surface area contributed by atoms with Crippen LogP contribution in [-0.4, -0.2) is 33.9 Å². The number of nitrogens with zero attached hydrogens (tertiary/aromatic N) is 3. The van der Waals surface area contributed by atoms with Gasteiger partial charge in [0.05, 0.1) is 23.5 Å². The van der Waals surface area contributed by atoms with Gasteiger partial charge in [-0.2, -0.15) is 5.10 Å². The van der Waals surface area contributed by atoms with Gasteiger partial charge in [0, 0.05) is 25.5 Å². The molecule has 0 spiro atoms. The fourth-order valence-corrected chi connectivity index (χ4v) is 2.08. The molecule has 0 amide bonds. The minimum Gasteiger partial charge on any atom is -0.478 e. The minimum atomic E-state index is -0.970. The van der Waals surface area contributed by atoms with Crippen LogP contribution in [0.1, 0.15) is 17.3 Å².